The molecule has 1 aromatic heterocycles. The molecule has 0 atom stereocenters. The Morgan fingerprint density at radius 2 is 2.40 bits per heavy atom. The number of nitrogens with two attached hydrogens (primary N) is 1. The van der Waals surface area contributed by atoms with E-state index in [0.717, 1.165) is 6.20 Å². The number of pyridine rings is 1. The maximum atomic E-state index is 12.3. The third kappa shape index (κ3) is 1.10. The van der Waals surface area contributed by atoms with Crippen molar-refractivity contribution < 1.29 is 9.18 Å². The van der Waals surface area contributed by atoms with Crippen LogP contribution in [0.2, 0.25) is 0 Å². The molecule has 1 heterocycles. The van der Waals surface area contributed by atoms with Gasteiger partial charge in [-0.3, -0.25) is 4.79 Å². The van der Waals surface area contributed by atoms with Crippen LogP contribution in [0.5, 0.6) is 0 Å². The Morgan fingerprint density at radius 1 is 1.70 bits per heavy atom. The third-order valence-electron chi connectivity index (χ3n) is 1.02. The van der Waals surface area contributed by atoms with Gasteiger partial charge in [0.2, 0.25) is 5.95 Å². The van der Waals surface area contributed by atoms with Gasteiger partial charge >= 0.3 is 0 Å². The van der Waals surface area contributed by atoms with Crippen LogP contribution in [-0.4, -0.2) is 11.3 Å². The van der Waals surface area contributed by atoms with Crippen molar-refractivity contribution in [1.82, 2.24) is 4.98 Å². The standard InChI is InChI=1S/C6H5FN2O/c7-6-5(8)1-4(3-10)2-9-6/h1-3H,8H2. The molecule has 52 valence electrons. The summed E-state index contributed by atoms with van der Waals surface area (Å²) in [6, 6.07) is 1.23. The van der Waals surface area contributed by atoms with Gasteiger partial charge in [-0.15, -0.1) is 0 Å². The molecule has 0 saturated heterocycles. The van der Waals surface area contributed by atoms with Gasteiger partial charge in [0, 0.05) is 11.8 Å². The Morgan fingerprint density at radius 3 is 2.90 bits per heavy atom. The number of rotatable bonds is 1. The van der Waals surface area contributed by atoms with E-state index in [1.807, 2.05) is 0 Å². The van der Waals surface area contributed by atoms with E-state index in [-0.39, 0.29) is 11.3 Å². The summed E-state index contributed by atoms with van der Waals surface area (Å²) < 4.78 is 12.3. The maximum Gasteiger partial charge on any atom is 0.236 e. The smallest absolute Gasteiger partial charge is 0.236 e. The Hall–Kier alpha value is -1.45. The fourth-order valence-electron chi connectivity index (χ4n) is 0.547. The van der Waals surface area contributed by atoms with Gasteiger partial charge in [-0.25, -0.2) is 4.98 Å². The van der Waals surface area contributed by atoms with E-state index in [0.29, 0.717) is 6.29 Å². The van der Waals surface area contributed by atoms with Gasteiger partial charge in [0.1, 0.15) is 0 Å². The van der Waals surface area contributed by atoms with E-state index < -0.39 is 5.95 Å². The topological polar surface area (TPSA) is 56.0 Å². The molecule has 2 N–H and O–H groups in total. The highest BCUT2D eigenvalue weighted by Gasteiger charge is 1.98. The van der Waals surface area contributed by atoms with Gasteiger partial charge in [0.15, 0.2) is 6.29 Å². The molecule has 0 bridgehead atoms. The van der Waals surface area contributed by atoms with E-state index in [4.69, 9.17) is 5.73 Å². The second kappa shape index (κ2) is 2.43. The van der Waals surface area contributed by atoms with Crippen molar-refractivity contribution >= 4 is 12.0 Å². The number of anilines is 1. The number of hydrogen-bond donors (Lipinski definition) is 1. The van der Waals surface area contributed by atoms with Gasteiger partial charge in [0.05, 0.1) is 5.69 Å². The van der Waals surface area contributed by atoms with Crippen LogP contribution < -0.4 is 5.73 Å². The summed E-state index contributed by atoms with van der Waals surface area (Å²) in [6.45, 7) is 0. The minimum absolute atomic E-state index is 0.107. The molecule has 0 aromatic carbocycles. The fourth-order valence-corrected chi connectivity index (χ4v) is 0.547. The van der Waals surface area contributed by atoms with Crippen molar-refractivity contribution in [3.63, 3.8) is 0 Å². The number of nitrogen functional groups attached to an aromatic ring is 1. The highest BCUT2D eigenvalue weighted by molar-refractivity contribution is 5.75. The van der Waals surface area contributed by atoms with Crippen molar-refractivity contribution in [1.29, 1.82) is 0 Å². The van der Waals surface area contributed by atoms with E-state index in [1.54, 1.807) is 0 Å². The van der Waals surface area contributed by atoms with Crippen molar-refractivity contribution in [3.8, 4) is 0 Å². The number of halogens is 1. The van der Waals surface area contributed by atoms with Crippen LogP contribution >= 0.6 is 0 Å². The molecule has 1 aromatic rings. The van der Waals surface area contributed by atoms with E-state index in [1.165, 1.54) is 6.07 Å². The molecule has 3 nitrogen and oxygen atoms in total. The molecule has 10 heavy (non-hydrogen) atoms. The van der Waals surface area contributed by atoms with Crippen LogP contribution in [0.3, 0.4) is 0 Å². The summed E-state index contributed by atoms with van der Waals surface area (Å²) in [5.41, 5.74) is 5.27. The first-order valence-corrected chi connectivity index (χ1v) is 2.60. The Bertz CT molecular complexity index is 262. The summed E-state index contributed by atoms with van der Waals surface area (Å²) in [5.74, 6) is -0.745. The van der Waals surface area contributed by atoms with Crippen LogP contribution in [0.15, 0.2) is 12.3 Å². The molecule has 4 heteroatoms. The lowest BCUT2D eigenvalue weighted by atomic mass is 10.3. The third-order valence-corrected chi connectivity index (χ3v) is 1.02. The SMILES string of the molecule is Nc1cc(C=O)cnc1F. The lowest BCUT2D eigenvalue weighted by Crippen LogP contribution is -1.95. The quantitative estimate of drug-likeness (QED) is 0.459. The monoisotopic (exact) mass is 140 g/mol. The lowest BCUT2D eigenvalue weighted by Gasteiger charge is -1.93. The van der Waals surface area contributed by atoms with Gasteiger partial charge < -0.3 is 5.73 Å². The fraction of sp³-hybridized carbons (Fsp3) is 0. The minimum atomic E-state index is -0.745. The van der Waals surface area contributed by atoms with Crippen LogP contribution in [0.25, 0.3) is 0 Å². The van der Waals surface area contributed by atoms with Gasteiger partial charge in [-0.05, 0) is 6.07 Å². The molecule has 0 amide bonds. The summed E-state index contributed by atoms with van der Waals surface area (Å²) in [4.78, 5) is 13.3. The number of aromatic nitrogens is 1. The van der Waals surface area contributed by atoms with Crippen LogP contribution in [0.4, 0.5) is 10.1 Å². The first-order valence-electron chi connectivity index (χ1n) is 2.60. The molecule has 0 radical (unpaired) electrons. The first-order chi connectivity index (χ1) is 4.74. The maximum absolute atomic E-state index is 12.3. The number of carbonyl (C=O) groups is 1. The number of hydrogen-bond acceptors (Lipinski definition) is 3. The van der Waals surface area contributed by atoms with Crippen LogP contribution in [-0.2, 0) is 0 Å². The van der Waals surface area contributed by atoms with Crippen LogP contribution in [0.1, 0.15) is 10.4 Å². The van der Waals surface area contributed by atoms with Crippen LogP contribution in [0, 0.1) is 5.95 Å². The number of carbonyl (C=O) groups excluding carboxylic acids is 1. The van der Waals surface area contributed by atoms with Gasteiger partial charge in [-0.1, -0.05) is 0 Å². The highest BCUT2D eigenvalue weighted by atomic mass is 19.1. The molecule has 0 unspecified atom stereocenters. The molecule has 0 aliphatic carbocycles. The summed E-state index contributed by atoms with van der Waals surface area (Å²) in [6.07, 6.45) is 1.68. The van der Waals surface area contributed by atoms with Crippen molar-refractivity contribution in [2.75, 3.05) is 5.73 Å². The predicted molar refractivity (Wildman–Crippen MR) is 34.0 cm³/mol. The predicted octanol–water partition coefficient (Wildman–Crippen LogP) is 0.615. The summed E-state index contributed by atoms with van der Waals surface area (Å²) >= 11 is 0. The van der Waals surface area contributed by atoms with E-state index >= 15 is 0 Å². The van der Waals surface area contributed by atoms with Gasteiger partial charge in [-0.2, -0.15) is 4.39 Å². The number of nitrogens with zero attached hydrogens (tertiary/aromatic N) is 1. The molecule has 0 aliphatic rings. The van der Waals surface area contributed by atoms with Crippen molar-refractivity contribution in [2.45, 2.75) is 0 Å². The second-order valence-electron chi connectivity index (χ2n) is 1.77. The average molecular weight is 140 g/mol. The number of aldehydes is 1. The highest BCUT2D eigenvalue weighted by Crippen LogP contribution is 2.06. The zero-order valence-corrected chi connectivity index (χ0v) is 5.04. The Labute approximate surface area is 56.7 Å². The van der Waals surface area contributed by atoms with E-state index in [2.05, 4.69) is 4.98 Å². The van der Waals surface area contributed by atoms with E-state index in [9.17, 15) is 9.18 Å². The van der Waals surface area contributed by atoms with Gasteiger partial charge in [0.25, 0.3) is 0 Å². The van der Waals surface area contributed by atoms with Crippen molar-refractivity contribution in [3.05, 3.63) is 23.8 Å². The lowest BCUT2D eigenvalue weighted by molar-refractivity contribution is 0.112. The van der Waals surface area contributed by atoms with Crippen molar-refractivity contribution in [2.24, 2.45) is 0 Å². The molecular weight excluding hydrogens is 135 g/mol. The zero-order chi connectivity index (χ0) is 7.56. The minimum Gasteiger partial charge on any atom is -0.395 e. The molecular formula is C6H5FN2O. The molecule has 0 fully saturated rings. The average Bonchev–Trinajstić information content (AvgIpc) is 1.95. The molecule has 0 aliphatic heterocycles. The largest absolute Gasteiger partial charge is 0.395 e. The molecule has 0 saturated carbocycles. The Kier molecular flexibility index (Phi) is 1.62. The summed E-state index contributed by atoms with van der Waals surface area (Å²) in [7, 11) is 0. The first kappa shape index (κ1) is 6.67. The molecule has 0 spiro atoms. The Balaban J connectivity index is 3.16. The molecule has 1 rings (SSSR count). The zero-order valence-electron chi connectivity index (χ0n) is 5.04. The second-order valence-corrected chi connectivity index (χ2v) is 1.77. The summed E-state index contributed by atoms with van der Waals surface area (Å²) in [5, 5.41) is 0. The normalized spacial score (nSPS) is 9.30.